The Morgan fingerprint density at radius 1 is 0.596 bits per heavy atom. The number of hydrogen-bond donors (Lipinski definition) is 4. The summed E-state index contributed by atoms with van der Waals surface area (Å²) in [5, 5.41) is 6.02. The van der Waals surface area contributed by atoms with Crippen molar-refractivity contribution in [3.05, 3.63) is 83.7 Å². The van der Waals surface area contributed by atoms with Gasteiger partial charge in [-0.2, -0.15) is 0 Å². The smallest absolute Gasteiger partial charge is 0.408 e. The topological polar surface area (TPSA) is 134 Å². The number of amides is 2. The van der Waals surface area contributed by atoms with Gasteiger partial charge in [-0.1, -0.05) is 90.1 Å². The van der Waals surface area contributed by atoms with Gasteiger partial charge in [-0.25, -0.2) is 19.6 Å². The molecule has 52 heavy (non-hydrogen) atoms. The van der Waals surface area contributed by atoms with Gasteiger partial charge >= 0.3 is 12.2 Å². The molecule has 4 N–H and O–H groups in total. The maximum absolute atomic E-state index is 12.6. The zero-order valence-electron chi connectivity index (χ0n) is 33.0. The second kappa shape index (κ2) is 14.4. The van der Waals surface area contributed by atoms with Crippen molar-refractivity contribution in [2.75, 3.05) is 0 Å². The van der Waals surface area contributed by atoms with E-state index >= 15 is 0 Å². The van der Waals surface area contributed by atoms with Crippen LogP contribution in [0.4, 0.5) is 9.59 Å². The lowest BCUT2D eigenvalue weighted by molar-refractivity contribution is 0.0448. The Morgan fingerprint density at radius 2 is 0.923 bits per heavy atom. The summed E-state index contributed by atoms with van der Waals surface area (Å²) < 4.78 is 11.0. The van der Waals surface area contributed by atoms with E-state index in [-0.39, 0.29) is 22.9 Å². The summed E-state index contributed by atoms with van der Waals surface area (Å²) in [7, 11) is 0. The molecule has 2 heterocycles. The predicted octanol–water partition coefficient (Wildman–Crippen LogP) is 10.4. The van der Waals surface area contributed by atoms with E-state index in [0.717, 1.165) is 35.4 Å². The lowest BCUT2D eigenvalue weighted by Crippen LogP contribution is -2.40. The van der Waals surface area contributed by atoms with Crippen molar-refractivity contribution in [1.29, 1.82) is 0 Å². The van der Waals surface area contributed by atoms with E-state index < -0.39 is 23.4 Å². The molecule has 10 nitrogen and oxygen atoms in total. The largest absolute Gasteiger partial charge is 0.444 e. The van der Waals surface area contributed by atoms with Gasteiger partial charge in [-0.05, 0) is 99.3 Å². The molecule has 1 aliphatic rings. The third kappa shape index (κ3) is 9.63. The van der Waals surface area contributed by atoms with Crippen molar-refractivity contribution in [2.24, 2.45) is 10.8 Å². The SMILES string of the molecule is CC(C)(C)OC(=O)N[C@H](c1ncc(-c2ccc([C@H]3CC[C@@H]3c3ccc(-c4cnc([C@@H](NC(=O)OC(C)(C)C)C(C)(C)C)[nH]4)cc3)cc2)[nH]1)C(C)(C)C. The molecule has 0 saturated heterocycles. The number of nitrogens with zero attached hydrogens (tertiary/aromatic N) is 2. The molecule has 280 valence electrons. The Hall–Kier alpha value is -4.60. The van der Waals surface area contributed by atoms with E-state index in [4.69, 9.17) is 9.47 Å². The highest BCUT2D eigenvalue weighted by atomic mass is 16.6. The van der Waals surface area contributed by atoms with E-state index in [9.17, 15) is 9.59 Å². The highest BCUT2D eigenvalue weighted by Crippen LogP contribution is 2.49. The molecule has 0 radical (unpaired) electrons. The molecule has 0 bridgehead atoms. The number of aromatic nitrogens is 4. The second-order valence-electron chi connectivity index (χ2n) is 18.3. The standard InChI is InChI=1S/C42H58N6O4/c1-39(2,3)33(47-37(49)51-41(7,8)9)35-43-23-31(45-35)27-17-13-25(14-18-27)29-21-22-30(29)26-15-19-28(20-16-26)32-24-44-36(46-32)34(40(4,5)6)48-38(50)52-42(10,11)12/h13-20,23-24,29-30,33-34H,21-22H2,1-12H3,(H,43,45)(H,44,46)(H,47,49)(H,48,50)/t29-,30-,33-,34-/m1/s1. The number of benzene rings is 2. The number of H-pyrrole nitrogens is 2. The maximum atomic E-state index is 12.6. The van der Waals surface area contributed by atoms with E-state index in [2.05, 4.69) is 121 Å². The monoisotopic (exact) mass is 710 g/mol. The van der Waals surface area contributed by atoms with Crippen molar-refractivity contribution < 1.29 is 19.1 Å². The number of carbonyl (C=O) groups is 2. The first-order valence-electron chi connectivity index (χ1n) is 18.4. The number of carbonyl (C=O) groups excluding carboxylic acids is 2. The predicted molar refractivity (Wildman–Crippen MR) is 206 cm³/mol. The van der Waals surface area contributed by atoms with Crippen LogP contribution >= 0.6 is 0 Å². The summed E-state index contributed by atoms with van der Waals surface area (Å²) >= 11 is 0. The average Bonchev–Trinajstić information content (AvgIpc) is 3.67. The van der Waals surface area contributed by atoms with Gasteiger partial charge in [0, 0.05) is 0 Å². The summed E-state index contributed by atoms with van der Waals surface area (Å²) in [6, 6.07) is 16.8. The zero-order chi connectivity index (χ0) is 38.2. The van der Waals surface area contributed by atoms with Gasteiger partial charge in [0.25, 0.3) is 0 Å². The van der Waals surface area contributed by atoms with E-state index in [0.29, 0.717) is 23.5 Å². The molecule has 0 unspecified atom stereocenters. The number of imidazole rings is 2. The summed E-state index contributed by atoms with van der Waals surface area (Å²) in [6.07, 6.45) is 5.02. The van der Waals surface area contributed by atoms with E-state index in [1.165, 1.54) is 11.1 Å². The third-order valence-corrected chi connectivity index (χ3v) is 9.37. The Morgan fingerprint density at radius 3 is 1.19 bits per heavy atom. The second-order valence-corrected chi connectivity index (χ2v) is 18.3. The lowest BCUT2D eigenvalue weighted by Gasteiger charge is -2.37. The Kier molecular flexibility index (Phi) is 10.7. The minimum atomic E-state index is -0.586. The van der Waals surface area contributed by atoms with Crippen LogP contribution < -0.4 is 10.6 Å². The van der Waals surface area contributed by atoms with Gasteiger partial charge in [0.1, 0.15) is 22.9 Å². The normalized spacial score (nSPS) is 17.8. The van der Waals surface area contributed by atoms with Crippen LogP contribution in [0.5, 0.6) is 0 Å². The highest BCUT2D eigenvalue weighted by Gasteiger charge is 2.35. The molecule has 0 spiro atoms. The molecule has 0 aliphatic heterocycles. The first kappa shape index (κ1) is 38.6. The van der Waals surface area contributed by atoms with Crippen LogP contribution in [0.15, 0.2) is 60.9 Å². The molecule has 2 amide bonds. The fourth-order valence-corrected chi connectivity index (χ4v) is 6.62. The molecular weight excluding hydrogens is 652 g/mol. The van der Waals surface area contributed by atoms with Crippen LogP contribution in [0, 0.1) is 10.8 Å². The number of hydrogen-bond acceptors (Lipinski definition) is 6. The van der Waals surface area contributed by atoms with Gasteiger partial charge in [0.15, 0.2) is 0 Å². The molecule has 5 rings (SSSR count). The molecule has 2 aromatic heterocycles. The summed E-state index contributed by atoms with van der Waals surface area (Å²) in [5.41, 5.74) is 4.80. The number of nitrogens with one attached hydrogen (secondary N) is 4. The van der Waals surface area contributed by atoms with Crippen LogP contribution in [0.3, 0.4) is 0 Å². The van der Waals surface area contributed by atoms with Crippen molar-refractivity contribution in [3.8, 4) is 22.5 Å². The maximum Gasteiger partial charge on any atom is 0.408 e. The van der Waals surface area contributed by atoms with Crippen LogP contribution in [0.2, 0.25) is 0 Å². The van der Waals surface area contributed by atoms with Gasteiger partial charge in [-0.3, -0.25) is 0 Å². The molecule has 4 atom stereocenters. The van der Waals surface area contributed by atoms with Crippen molar-refractivity contribution in [1.82, 2.24) is 30.6 Å². The van der Waals surface area contributed by atoms with Gasteiger partial charge in [-0.15, -0.1) is 0 Å². The van der Waals surface area contributed by atoms with Crippen molar-refractivity contribution >= 4 is 12.2 Å². The van der Waals surface area contributed by atoms with Crippen LogP contribution in [-0.4, -0.2) is 43.3 Å². The van der Waals surface area contributed by atoms with E-state index in [1.54, 1.807) is 0 Å². The fraction of sp³-hybridized carbons (Fsp3) is 0.524. The lowest BCUT2D eigenvalue weighted by atomic mass is 9.67. The number of alkyl carbamates (subject to hydrolysis) is 2. The van der Waals surface area contributed by atoms with E-state index in [1.807, 2.05) is 53.9 Å². The van der Waals surface area contributed by atoms with Crippen molar-refractivity contribution in [2.45, 2.75) is 131 Å². The minimum absolute atomic E-state index is 0.287. The Labute approximate surface area is 309 Å². The number of rotatable bonds is 8. The quantitative estimate of drug-likeness (QED) is 0.144. The number of ether oxygens (including phenoxy) is 2. The first-order chi connectivity index (χ1) is 24.1. The summed E-state index contributed by atoms with van der Waals surface area (Å²) in [4.78, 5) is 41.5. The van der Waals surface area contributed by atoms with Crippen LogP contribution in [0.1, 0.15) is 143 Å². The fourth-order valence-electron chi connectivity index (χ4n) is 6.62. The Balaban J connectivity index is 1.25. The van der Waals surface area contributed by atoms with Crippen molar-refractivity contribution in [3.63, 3.8) is 0 Å². The molecule has 10 heteroatoms. The Bertz CT molecular complexity index is 1690. The molecule has 2 aromatic carbocycles. The average molecular weight is 711 g/mol. The first-order valence-corrected chi connectivity index (χ1v) is 18.4. The van der Waals surface area contributed by atoms with Crippen LogP contribution in [0.25, 0.3) is 22.5 Å². The minimum Gasteiger partial charge on any atom is -0.444 e. The molecule has 4 aromatic rings. The highest BCUT2D eigenvalue weighted by molar-refractivity contribution is 5.69. The van der Waals surface area contributed by atoms with Gasteiger partial charge in [0.2, 0.25) is 0 Å². The van der Waals surface area contributed by atoms with Gasteiger partial charge in [0.05, 0.1) is 35.9 Å². The molecular formula is C42H58N6O4. The summed E-state index contributed by atoms with van der Waals surface area (Å²) in [5.74, 6) is 2.28. The summed E-state index contributed by atoms with van der Waals surface area (Å²) in [6.45, 7) is 23.5. The molecule has 1 fully saturated rings. The van der Waals surface area contributed by atoms with Crippen LogP contribution in [-0.2, 0) is 9.47 Å². The zero-order valence-corrected chi connectivity index (χ0v) is 33.0. The molecule has 1 saturated carbocycles. The third-order valence-electron chi connectivity index (χ3n) is 9.37. The number of aromatic amines is 2. The van der Waals surface area contributed by atoms with Gasteiger partial charge < -0.3 is 30.1 Å². The molecule has 1 aliphatic carbocycles.